The van der Waals surface area contributed by atoms with Gasteiger partial charge in [0, 0.05) is 17.0 Å². The Bertz CT molecular complexity index is 112. The van der Waals surface area contributed by atoms with E-state index in [9.17, 15) is 13.2 Å². The van der Waals surface area contributed by atoms with Crippen LogP contribution in [0.15, 0.2) is 0 Å². The molecule has 0 saturated carbocycles. The number of alkyl halides is 3. The van der Waals surface area contributed by atoms with Crippen LogP contribution in [0.1, 0.15) is 20.3 Å². The van der Waals surface area contributed by atoms with Crippen molar-refractivity contribution in [2.24, 2.45) is 5.73 Å². The van der Waals surface area contributed by atoms with Crippen molar-refractivity contribution in [3.05, 3.63) is 0 Å². The molecule has 0 aromatic rings. The molecule has 1 nitrogen and oxygen atoms in total. The van der Waals surface area contributed by atoms with Crippen LogP contribution in [0.3, 0.4) is 0 Å². The van der Waals surface area contributed by atoms with E-state index >= 15 is 0 Å². The number of hydrogen-bond acceptors (Lipinski definition) is 2. The van der Waals surface area contributed by atoms with Gasteiger partial charge in [0.05, 0.1) is 6.42 Å². The first-order chi connectivity index (χ1) is 5.21. The molecular weight excluding hydrogens is 187 g/mol. The summed E-state index contributed by atoms with van der Waals surface area (Å²) < 4.78 is 34.9. The Labute approximate surface area is 74.9 Å². The molecule has 0 spiro atoms. The van der Waals surface area contributed by atoms with Gasteiger partial charge in [0.15, 0.2) is 0 Å². The van der Waals surface area contributed by atoms with Gasteiger partial charge in [0.2, 0.25) is 0 Å². The molecule has 0 bridgehead atoms. The zero-order chi connectivity index (χ0) is 9.83. The first-order valence-electron chi connectivity index (χ1n) is 3.64. The summed E-state index contributed by atoms with van der Waals surface area (Å²) in [6.45, 7) is 3.60. The molecule has 0 amide bonds. The summed E-state index contributed by atoms with van der Waals surface area (Å²) in [5.41, 5.74) is 5.20. The molecule has 0 aliphatic rings. The first-order valence-corrected chi connectivity index (χ1v) is 4.79. The van der Waals surface area contributed by atoms with E-state index in [-0.39, 0.29) is 11.3 Å². The van der Waals surface area contributed by atoms with Crippen molar-refractivity contribution >= 4 is 11.8 Å². The molecule has 0 aromatic carbocycles. The van der Waals surface area contributed by atoms with Gasteiger partial charge >= 0.3 is 6.18 Å². The molecule has 0 radical (unpaired) electrons. The minimum Gasteiger partial charge on any atom is -0.325 e. The third kappa shape index (κ3) is 10.1. The lowest BCUT2D eigenvalue weighted by Crippen LogP contribution is -2.34. The minimum atomic E-state index is -4.04. The molecule has 0 fully saturated rings. The van der Waals surface area contributed by atoms with E-state index in [1.165, 1.54) is 11.8 Å². The van der Waals surface area contributed by atoms with E-state index in [1.54, 1.807) is 13.8 Å². The predicted molar refractivity (Wildman–Crippen MR) is 46.3 cm³/mol. The average Bonchev–Trinajstić information content (AvgIpc) is 1.76. The van der Waals surface area contributed by atoms with Crippen molar-refractivity contribution in [1.29, 1.82) is 0 Å². The highest BCUT2D eigenvalue weighted by molar-refractivity contribution is 7.99. The summed E-state index contributed by atoms with van der Waals surface area (Å²) in [6.07, 6.45) is -4.76. The summed E-state index contributed by atoms with van der Waals surface area (Å²) in [7, 11) is 0. The maximum Gasteiger partial charge on any atom is 0.389 e. The van der Waals surface area contributed by atoms with E-state index in [4.69, 9.17) is 5.73 Å². The number of rotatable bonds is 4. The Morgan fingerprint density at radius 1 is 1.25 bits per heavy atom. The Morgan fingerprint density at radius 2 is 1.75 bits per heavy atom. The molecule has 0 unspecified atom stereocenters. The summed E-state index contributed by atoms with van der Waals surface area (Å²) in [5.74, 6) is 0.660. The first kappa shape index (κ1) is 12.1. The zero-order valence-corrected chi connectivity index (χ0v) is 8.06. The van der Waals surface area contributed by atoms with Crippen molar-refractivity contribution < 1.29 is 13.2 Å². The second-order valence-corrected chi connectivity index (χ2v) is 4.51. The van der Waals surface area contributed by atoms with Gasteiger partial charge in [-0.1, -0.05) is 0 Å². The summed E-state index contributed by atoms with van der Waals surface area (Å²) in [4.78, 5) is 0. The van der Waals surface area contributed by atoms with Crippen molar-refractivity contribution in [1.82, 2.24) is 0 Å². The highest BCUT2D eigenvalue weighted by Gasteiger charge is 2.26. The van der Waals surface area contributed by atoms with E-state index < -0.39 is 12.6 Å². The van der Waals surface area contributed by atoms with Crippen LogP contribution >= 0.6 is 11.8 Å². The minimum absolute atomic E-state index is 0.101. The van der Waals surface area contributed by atoms with E-state index in [2.05, 4.69) is 0 Å². The van der Waals surface area contributed by atoms with Crippen LogP contribution in [0.4, 0.5) is 13.2 Å². The normalized spacial score (nSPS) is 13.5. The summed E-state index contributed by atoms with van der Waals surface area (Å²) in [5, 5.41) is 0. The van der Waals surface area contributed by atoms with Crippen molar-refractivity contribution in [2.45, 2.75) is 32.0 Å². The lowest BCUT2D eigenvalue weighted by Gasteiger charge is -2.17. The maximum atomic E-state index is 11.6. The lowest BCUT2D eigenvalue weighted by atomic mass is 10.1. The smallest absolute Gasteiger partial charge is 0.325 e. The monoisotopic (exact) mass is 201 g/mol. The maximum absolute atomic E-state index is 11.6. The molecular formula is C7H14F3NS. The number of thioether (sulfide) groups is 1. The van der Waals surface area contributed by atoms with Crippen molar-refractivity contribution in [3.8, 4) is 0 Å². The summed E-state index contributed by atoms with van der Waals surface area (Å²) >= 11 is 1.24. The Morgan fingerprint density at radius 3 is 2.08 bits per heavy atom. The standard InChI is InChI=1S/C7H14F3NS/c1-6(2,11)5-12-4-3-7(8,9)10/h3-5,11H2,1-2H3. The van der Waals surface area contributed by atoms with E-state index in [0.717, 1.165) is 0 Å². The van der Waals surface area contributed by atoms with Gasteiger partial charge in [0.1, 0.15) is 0 Å². The van der Waals surface area contributed by atoms with Crippen LogP contribution in [0.25, 0.3) is 0 Å². The predicted octanol–water partition coefficient (Wildman–Crippen LogP) is 2.41. The fraction of sp³-hybridized carbons (Fsp3) is 1.00. The molecule has 74 valence electrons. The van der Waals surface area contributed by atoms with Crippen LogP contribution in [-0.4, -0.2) is 23.2 Å². The fourth-order valence-corrected chi connectivity index (χ4v) is 1.57. The van der Waals surface area contributed by atoms with Crippen LogP contribution < -0.4 is 5.73 Å². The van der Waals surface area contributed by atoms with Gasteiger partial charge < -0.3 is 5.73 Å². The molecule has 0 aromatic heterocycles. The number of nitrogens with two attached hydrogens (primary N) is 1. The van der Waals surface area contributed by atoms with E-state index in [1.807, 2.05) is 0 Å². The molecule has 0 aliphatic carbocycles. The number of halogens is 3. The van der Waals surface area contributed by atoms with Crippen LogP contribution in [0.5, 0.6) is 0 Å². The van der Waals surface area contributed by atoms with Crippen LogP contribution in [-0.2, 0) is 0 Å². The van der Waals surface area contributed by atoms with Crippen LogP contribution in [0.2, 0.25) is 0 Å². The number of hydrogen-bond donors (Lipinski definition) is 1. The quantitative estimate of drug-likeness (QED) is 0.707. The second-order valence-electron chi connectivity index (χ2n) is 3.41. The summed E-state index contributed by atoms with van der Waals surface area (Å²) in [6, 6.07) is 0. The Balaban J connectivity index is 3.35. The van der Waals surface area contributed by atoms with E-state index in [0.29, 0.717) is 5.75 Å². The third-order valence-electron chi connectivity index (χ3n) is 1.00. The van der Waals surface area contributed by atoms with Gasteiger partial charge in [-0.2, -0.15) is 24.9 Å². The molecule has 0 aliphatic heterocycles. The lowest BCUT2D eigenvalue weighted by molar-refractivity contribution is -0.129. The Kier molecular flexibility index (Phi) is 4.40. The molecule has 0 heterocycles. The van der Waals surface area contributed by atoms with Gasteiger partial charge in [-0.25, -0.2) is 0 Å². The zero-order valence-electron chi connectivity index (χ0n) is 7.24. The molecule has 12 heavy (non-hydrogen) atoms. The largest absolute Gasteiger partial charge is 0.389 e. The Hall–Kier alpha value is 0.100. The van der Waals surface area contributed by atoms with Gasteiger partial charge in [0.25, 0.3) is 0 Å². The molecule has 0 atom stereocenters. The van der Waals surface area contributed by atoms with Gasteiger partial charge in [-0.3, -0.25) is 0 Å². The SMILES string of the molecule is CC(C)(N)CSCCC(F)(F)F. The van der Waals surface area contributed by atoms with Gasteiger partial charge in [-0.05, 0) is 13.8 Å². The molecule has 0 rings (SSSR count). The highest BCUT2D eigenvalue weighted by atomic mass is 32.2. The average molecular weight is 201 g/mol. The topological polar surface area (TPSA) is 26.0 Å². The highest BCUT2D eigenvalue weighted by Crippen LogP contribution is 2.22. The molecule has 5 heteroatoms. The fourth-order valence-electron chi connectivity index (χ4n) is 0.523. The van der Waals surface area contributed by atoms with Crippen LogP contribution in [0, 0.1) is 0 Å². The van der Waals surface area contributed by atoms with Crippen molar-refractivity contribution in [2.75, 3.05) is 11.5 Å². The molecule has 0 saturated heterocycles. The van der Waals surface area contributed by atoms with Gasteiger partial charge in [-0.15, -0.1) is 0 Å². The second kappa shape index (κ2) is 4.37. The molecule has 2 N–H and O–H groups in total. The van der Waals surface area contributed by atoms with Crippen molar-refractivity contribution in [3.63, 3.8) is 0 Å². The third-order valence-corrected chi connectivity index (χ3v) is 2.44.